The molecule has 0 saturated heterocycles. The third-order valence-corrected chi connectivity index (χ3v) is 5.31. The zero-order valence-corrected chi connectivity index (χ0v) is 14.2. The largest absolute Gasteiger partial charge is 0.484 e. The van der Waals surface area contributed by atoms with E-state index in [1.807, 2.05) is 18.3 Å². The van der Waals surface area contributed by atoms with Crippen molar-refractivity contribution in [3.8, 4) is 11.6 Å². The van der Waals surface area contributed by atoms with E-state index in [0.717, 1.165) is 54.7 Å². The molecule has 3 heterocycles. The number of aromatic nitrogens is 2. The van der Waals surface area contributed by atoms with Crippen molar-refractivity contribution in [1.29, 1.82) is 0 Å². The highest BCUT2D eigenvalue weighted by Gasteiger charge is 2.34. The van der Waals surface area contributed by atoms with Gasteiger partial charge in [0.25, 0.3) is 0 Å². The number of methoxy groups -OCH3 is 1. The van der Waals surface area contributed by atoms with Crippen LogP contribution in [0.3, 0.4) is 0 Å². The van der Waals surface area contributed by atoms with E-state index in [4.69, 9.17) is 15.2 Å². The molecule has 0 amide bonds. The molecule has 0 aromatic carbocycles. The monoisotopic (exact) mass is 328 g/mol. The second-order valence-electron chi connectivity index (χ2n) is 6.91. The molecule has 0 bridgehead atoms. The molecular weight excluding hydrogens is 304 g/mol. The first kappa shape index (κ1) is 15.4. The summed E-state index contributed by atoms with van der Waals surface area (Å²) in [5.41, 5.74) is 8.65. The second-order valence-corrected chi connectivity index (χ2v) is 6.91. The molecule has 1 aliphatic carbocycles. The van der Waals surface area contributed by atoms with Crippen LogP contribution in [0.4, 0.5) is 5.69 Å². The predicted molar refractivity (Wildman–Crippen MR) is 93.7 cm³/mol. The second kappa shape index (κ2) is 6.09. The SMILES string of the molecule is COc1ccc2ncc3c(c2n1)OC(C1CCC(N)CC1)CN3C. The van der Waals surface area contributed by atoms with E-state index in [0.29, 0.717) is 17.8 Å². The molecule has 24 heavy (non-hydrogen) atoms. The van der Waals surface area contributed by atoms with E-state index in [-0.39, 0.29) is 6.10 Å². The number of hydrogen-bond donors (Lipinski definition) is 1. The highest BCUT2D eigenvalue weighted by molar-refractivity contribution is 5.87. The third kappa shape index (κ3) is 2.65. The lowest BCUT2D eigenvalue weighted by molar-refractivity contribution is 0.103. The van der Waals surface area contributed by atoms with Crippen LogP contribution >= 0.6 is 0 Å². The van der Waals surface area contributed by atoms with Crippen LogP contribution in [-0.2, 0) is 0 Å². The molecule has 2 aromatic heterocycles. The first-order valence-corrected chi connectivity index (χ1v) is 8.63. The number of ether oxygens (including phenoxy) is 2. The normalized spacial score (nSPS) is 26.8. The Bertz CT molecular complexity index is 743. The number of likely N-dealkylation sites (N-methyl/N-ethyl adjacent to an activating group) is 1. The van der Waals surface area contributed by atoms with Gasteiger partial charge in [-0.05, 0) is 37.7 Å². The van der Waals surface area contributed by atoms with Gasteiger partial charge in [0, 0.05) is 19.2 Å². The standard InChI is InChI=1S/C18H24N4O2/c1-22-10-15(11-3-5-12(19)6-4-11)24-18-14(22)9-20-13-7-8-16(23-2)21-17(13)18/h7-9,11-12,15H,3-6,10,19H2,1-2H3. The molecule has 2 aromatic rings. The molecule has 2 aliphatic rings. The summed E-state index contributed by atoms with van der Waals surface area (Å²) >= 11 is 0. The summed E-state index contributed by atoms with van der Waals surface area (Å²) in [4.78, 5) is 11.3. The van der Waals surface area contributed by atoms with Gasteiger partial charge in [-0.25, -0.2) is 4.98 Å². The van der Waals surface area contributed by atoms with Crippen LogP contribution in [0, 0.1) is 5.92 Å². The van der Waals surface area contributed by atoms with Gasteiger partial charge in [-0.15, -0.1) is 0 Å². The molecule has 1 fully saturated rings. The van der Waals surface area contributed by atoms with Crippen LogP contribution in [0.15, 0.2) is 18.3 Å². The summed E-state index contributed by atoms with van der Waals surface area (Å²) in [6.45, 7) is 0.879. The number of hydrogen-bond acceptors (Lipinski definition) is 6. The number of nitrogens with two attached hydrogens (primary N) is 1. The maximum absolute atomic E-state index is 6.45. The molecule has 0 spiro atoms. The lowest BCUT2D eigenvalue weighted by Gasteiger charge is -2.39. The summed E-state index contributed by atoms with van der Waals surface area (Å²) in [5.74, 6) is 1.96. The van der Waals surface area contributed by atoms with Crippen molar-refractivity contribution in [2.24, 2.45) is 11.7 Å². The molecule has 2 N–H and O–H groups in total. The minimum absolute atomic E-state index is 0.175. The lowest BCUT2D eigenvalue weighted by Crippen LogP contribution is -2.44. The van der Waals surface area contributed by atoms with Gasteiger partial charge in [0.2, 0.25) is 5.88 Å². The molecule has 128 valence electrons. The molecule has 1 unspecified atom stereocenters. The lowest BCUT2D eigenvalue weighted by atomic mass is 9.82. The zero-order chi connectivity index (χ0) is 16.7. The van der Waals surface area contributed by atoms with E-state index in [9.17, 15) is 0 Å². The van der Waals surface area contributed by atoms with E-state index < -0.39 is 0 Å². The maximum Gasteiger partial charge on any atom is 0.213 e. The molecule has 6 nitrogen and oxygen atoms in total. The fraction of sp³-hybridized carbons (Fsp3) is 0.556. The van der Waals surface area contributed by atoms with Crippen LogP contribution in [0.2, 0.25) is 0 Å². The van der Waals surface area contributed by atoms with Gasteiger partial charge in [-0.2, -0.15) is 0 Å². The number of pyridine rings is 2. The van der Waals surface area contributed by atoms with E-state index in [1.165, 1.54) is 0 Å². The summed E-state index contributed by atoms with van der Waals surface area (Å²) in [7, 11) is 3.72. The number of nitrogens with zero attached hydrogens (tertiary/aromatic N) is 3. The van der Waals surface area contributed by atoms with E-state index >= 15 is 0 Å². The molecule has 6 heteroatoms. The fourth-order valence-electron chi connectivity index (χ4n) is 3.84. The number of rotatable bonds is 2. The Balaban J connectivity index is 1.70. The molecule has 1 saturated carbocycles. The van der Waals surface area contributed by atoms with Crippen molar-refractivity contribution >= 4 is 16.7 Å². The zero-order valence-electron chi connectivity index (χ0n) is 14.2. The minimum Gasteiger partial charge on any atom is -0.484 e. The van der Waals surface area contributed by atoms with Gasteiger partial charge >= 0.3 is 0 Å². The molecule has 1 aliphatic heterocycles. The van der Waals surface area contributed by atoms with Crippen LogP contribution in [0.5, 0.6) is 11.6 Å². The Kier molecular flexibility index (Phi) is 3.92. The topological polar surface area (TPSA) is 73.5 Å². The minimum atomic E-state index is 0.175. The first-order chi connectivity index (χ1) is 11.7. The Morgan fingerprint density at radius 2 is 2.04 bits per heavy atom. The van der Waals surface area contributed by atoms with Crippen molar-refractivity contribution in [3.05, 3.63) is 18.3 Å². The predicted octanol–water partition coefficient (Wildman–Crippen LogP) is 2.35. The number of fused-ring (bicyclic) bond motifs is 3. The van der Waals surface area contributed by atoms with Gasteiger partial charge in [0.05, 0.1) is 25.4 Å². The maximum atomic E-state index is 6.45. The van der Waals surface area contributed by atoms with Crippen molar-refractivity contribution in [1.82, 2.24) is 9.97 Å². The molecule has 0 radical (unpaired) electrons. The van der Waals surface area contributed by atoms with Crippen molar-refractivity contribution < 1.29 is 9.47 Å². The van der Waals surface area contributed by atoms with Crippen LogP contribution in [-0.4, -0.2) is 42.8 Å². The summed E-state index contributed by atoms with van der Waals surface area (Å²) in [5, 5.41) is 0. The quantitative estimate of drug-likeness (QED) is 0.912. The van der Waals surface area contributed by atoms with Gasteiger partial charge in [0.1, 0.15) is 17.3 Å². The molecule has 4 rings (SSSR count). The van der Waals surface area contributed by atoms with Gasteiger partial charge < -0.3 is 20.1 Å². The van der Waals surface area contributed by atoms with E-state index in [2.05, 4.69) is 21.9 Å². The Labute approximate surface area is 142 Å². The highest BCUT2D eigenvalue weighted by atomic mass is 16.5. The average Bonchev–Trinajstić information content (AvgIpc) is 2.61. The van der Waals surface area contributed by atoms with Gasteiger partial charge in [-0.1, -0.05) is 0 Å². The number of anilines is 1. The third-order valence-electron chi connectivity index (χ3n) is 5.31. The van der Waals surface area contributed by atoms with Crippen LogP contribution in [0.1, 0.15) is 25.7 Å². The van der Waals surface area contributed by atoms with Crippen molar-refractivity contribution in [3.63, 3.8) is 0 Å². The van der Waals surface area contributed by atoms with Crippen LogP contribution < -0.4 is 20.1 Å². The fourth-order valence-corrected chi connectivity index (χ4v) is 3.84. The molecular formula is C18H24N4O2. The van der Waals surface area contributed by atoms with Crippen molar-refractivity contribution in [2.45, 2.75) is 37.8 Å². The smallest absolute Gasteiger partial charge is 0.213 e. The summed E-state index contributed by atoms with van der Waals surface area (Å²) < 4.78 is 11.7. The van der Waals surface area contributed by atoms with E-state index in [1.54, 1.807) is 7.11 Å². The Morgan fingerprint density at radius 1 is 1.25 bits per heavy atom. The van der Waals surface area contributed by atoms with Gasteiger partial charge in [0.15, 0.2) is 5.75 Å². The van der Waals surface area contributed by atoms with Crippen molar-refractivity contribution in [2.75, 3.05) is 25.6 Å². The van der Waals surface area contributed by atoms with Crippen LogP contribution in [0.25, 0.3) is 11.0 Å². The molecule has 1 atom stereocenters. The van der Waals surface area contributed by atoms with Gasteiger partial charge in [-0.3, -0.25) is 4.98 Å². The Morgan fingerprint density at radius 3 is 2.79 bits per heavy atom. The first-order valence-electron chi connectivity index (χ1n) is 8.63. The summed E-state index contributed by atoms with van der Waals surface area (Å²) in [6.07, 6.45) is 6.49. The Hall–Kier alpha value is -2.08. The summed E-state index contributed by atoms with van der Waals surface area (Å²) in [6, 6.07) is 4.10. The highest BCUT2D eigenvalue weighted by Crippen LogP contribution is 2.40. The average molecular weight is 328 g/mol.